The van der Waals surface area contributed by atoms with Crippen LogP contribution in [0.1, 0.15) is 5.56 Å². The third-order valence-electron chi connectivity index (χ3n) is 2.02. The Morgan fingerprint density at radius 2 is 2.21 bits per heavy atom. The molecule has 0 N–H and O–H groups in total. The molecule has 1 aliphatic heterocycles. The summed E-state index contributed by atoms with van der Waals surface area (Å²) in [5, 5.41) is 0. The highest BCUT2D eigenvalue weighted by molar-refractivity contribution is 9.09. The summed E-state index contributed by atoms with van der Waals surface area (Å²) >= 11 is 3.25. The largest absolute Gasteiger partial charge is 0.454 e. The van der Waals surface area contributed by atoms with E-state index < -0.39 is 0 Å². The van der Waals surface area contributed by atoms with Gasteiger partial charge in [-0.05, 0) is 24.1 Å². The van der Waals surface area contributed by atoms with Crippen LogP contribution in [0.5, 0.6) is 11.5 Å². The van der Waals surface area contributed by atoms with Crippen molar-refractivity contribution in [3.63, 3.8) is 0 Å². The molecule has 0 aliphatic carbocycles. The molecule has 1 atom stereocenters. The first-order valence-electron chi connectivity index (χ1n) is 4.27. The second kappa shape index (κ2) is 4.00. The van der Waals surface area contributed by atoms with E-state index in [9.17, 15) is 4.79 Å². The minimum Gasteiger partial charge on any atom is -0.454 e. The predicted octanol–water partition coefficient (Wildman–Crippen LogP) is 1.92. The van der Waals surface area contributed by atoms with Gasteiger partial charge in [0.15, 0.2) is 11.5 Å². The van der Waals surface area contributed by atoms with Gasteiger partial charge in [0, 0.05) is 0 Å². The van der Waals surface area contributed by atoms with Crippen molar-refractivity contribution in [2.24, 2.45) is 0 Å². The Labute approximate surface area is 90.1 Å². The first-order chi connectivity index (χ1) is 6.79. The van der Waals surface area contributed by atoms with E-state index in [0.29, 0.717) is 6.42 Å². The van der Waals surface area contributed by atoms with Crippen molar-refractivity contribution in [2.75, 3.05) is 6.79 Å². The van der Waals surface area contributed by atoms with E-state index in [-0.39, 0.29) is 11.6 Å². The van der Waals surface area contributed by atoms with Crippen molar-refractivity contribution in [3.8, 4) is 11.5 Å². The fraction of sp³-hybridized carbons (Fsp3) is 0.300. The first kappa shape index (κ1) is 9.52. The van der Waals surface area contributed by atoms with Crippen LogP contribution in [0.25, 0.3) is 0 Å². The summed E-state index contributed by atoms with van der Waals surface area (Å²) in [6, 6.07) is 5.70. The molecule has 1 heterocycles. The van der Waals surface area contributed by atoms with Gasteiger partial charge in [0.2, 0.25) is 6.79 Å². The molecular formula is C10H9BrO3. The summed E-state index contributed by atoms with van der Waals surface area (Å²) in [4.78, 5) is 10.3. The molecule has 1 aromatic rings. The van der Waals surface area contributed by atoms with E-state index in [0.717, 1.165) is 23.3 Å². The summed E-state index contributed by atoms with van der Waals surface area (Å²) in [5.74, 6) is 1.53. The lowest BCUT2D eigenvalue weighted by molar-refractivity contribution is -0.107. The molecule has 1 aromatic carbocycles. The number of halogens is 1. The molecule has 0 spiro atoms. The fourth-order valence-corrected chi connectivity index (χ4v) is 1.72. The molecule has 0 radical (unpaired) electrons. The van der Waals surface area contributed by atoms with E-state index in [2.05, 4.69) is 15.9 Å². The standard InChI is InChI=1S/C10H9BrO3/c11-8(5-12)3-7-1-2-9-10(4-7)14-6-13-9/h1-2,4-5,8H,3,6H2. The quantitative estimate of drug-likeness (QED) is 0.613. The van der Waals surface area contributed by atoms with Crippen molar-refractivity contribution >= 4 is 22.2 Å². The van der Waals surface area contributed by atoms with E-state index >= 15 is 0 Å². The van der Waals surface area contributed by atoms with Gasteiger partial charge in [-0.3, -0.25) is 0 Å². The summed E-state index contributed by atoms with van der Waals surface area (Å²) in [5.41, 5.74) is 1.06. The average Bonchev–Trinajstić information content (AvgIpc) is 2.64. The minimum atomic E-state index is -0.136. The molecule has 0 fully saturated rings. The van der Waals surface area contributed by atoms with E-state index in [1.165, 1.54) is 0 Å². The monoisotopic (exact) mass is 256 g/mol. The van der Waals surface area contributed by atoms with Crippen LogP contribution in [0.15, 0.2) is 18.2 Å². The van der Waals surface area contributed by atoms with Gasteiger partial charge in [-0.2, -0.15) is 0 Å². The number of hydrogen-bond acceptors (Lipinski definition) is 3. The smallest absolute Gasteiger partial charge is 0.231 e. The second-order valence-corrected chi connectivity index (χ2v) is 4.22. The van der Waals surface area contributed by atoms with Crippen LogP contribution in [0, 0.1) is 0 Å². The Morgan fingerprint density at radius 3 is 3.00 bits per heavy atom. The molecule has 4 heteroatoms. The number of hydrogen-bond donors (Lipinski definition) is 0. The SMILES string of the molecule is O=CC(Br)Cc1ccc2c(c1)OCO2. The number of carbonyl (C=O) groups is 1. The number of alkyl halides is 1. The number of carbonyl (C=O) groups excluding carboxylic acids is 1. The predicted molar refractivity (Wildman–Crippen MR) is 55.0 cm³/mol. The van der Waals surface area contributed by atoms with Crippen molar-refractivity contribution in [3.05, 3.63) is 23.8 Å². The first-order valence-corrected chi connectivity index (χ1v) is 5.19. The average molecular weight is 257 g/mol. The maximum absolute atomic E-state index is 10.4. The lowest BCUT2D eigenvalue weighted by Gasteiger charge is -2.03. The van der Waals surface area contributed by atoms with E-state index in [4.69, 9.17) is 9.47 Å². The molecule has 74 valence electrons. The lowest BCUT2D eigenvalue weighted by Crippen LogP contribution is -2.03. The Balaban J connectivity index is 2.16. The van der Waals surface area contributed by atoms with Gasteiger partial charge >= 0.3 is 0 Å². The molecule has 14 heavy (non-hydrogen) atoms. The van der Waals surface area contributed by atoms with E-state index in [1.807, 2.05) is 18.2 Å². The van der Waals surface area contributed by atoms with Gasteiger partial charge in [-0.15, -0.1) is 0 Å². The maximum Gasteiger partial charge on any atom is 0.231 e. The van der Waals surface area contributed by atoms with Crippen LogP contribution >= 0.6 is 15.9 Å². The molecule has 0 bridgehead atoms. The highest BCUT2D eigenvalue weighted by atomic mass is 79.9. The molecular weight excluding hydrogens is 248 g/mol. The van der Waals surface area contributed by atoms with Crippen molar-refractivity contribution < 1.29 is 14.3 Å². The number of fused-ring (bicyclic) bond motifs is 1. The van der Waals surface area contributed by atoms with Gasteiger partial charge in [0.25, 0.3) is 0 Å². The normalized spacial score (nSPS) is 15.2. The van der Waals surface area contributed by atoms with Crippen LogP contribution in [0.2, 0.25) is 0 Å². The summed E-state index contributed by atoms with van der Waals surface area (Å²) in [7, 11) is 0. The third kappa shape index (κ3) is 1.90. The number of aldehydes is 1. The molecule has 1 aliphatic rings. The zero-order chi connectivity index (χ0) is 9.97. The van der Waals surface area contributed by atoms with Gasteiger partial charge in [0.05, 0.1) is 4.83 Å². The zero-order valence-corrected chi connectivity index (χ0v) is 8.99. The van der Waals surface area contributed by atoms with Gasteiger partial charge in [-0.25, -0.2) is 0 Å². The summed E-state index contributed by atoms with van der Waals surface area (Å²) < 4.78 is 10.4. The van der Waals surface area contributed by atoms with Crippen molar-refractivity contribution in [1.82, 2.24) is 0 Å². The summed E-state index contributed by atoms with van der Waals surface area (Å²) in [6.07, 6.45) is 1.55. The van der Waals surface area contributed by atoms with Crippen molar-refractivity contribution in [1.29, 1.82) is 0 Å². The minimum absolute atomic E-state index is 0.136. The number of rotatable bonds is 3. The van der Waals surface area contributed by atoms with Gasteiger partial charge in [0.1, 0.15) is 6.29 Å². The molecule has 0 saturated heterocycles. The maximum atomic E-state index is 10.4. The number of ether oxygens (including phenoxy) is 2. The topological polar surface area (TPSA) is 35.5 Å². The Hall–Kier alpha value is -1.03. The van der Waals surface area contributed by atoms with Crippen LogP contribution in [-0.4, -0.2) is 17.9 Å². The Bertz CT molecular complexity index is 351. The van der Waals surface area contributed by atoms with Crippen LogP contribution < -0.4 is 9.47 Å². The van der Waals surface area contributed by atoms with Gasteiger partial charge < -0.3 is 14.3 Å². The molecule has 3 nitrogen and oxygen atoms in total. The highest BCUT2D eigenvalue weighted by Crippen LogP contribution is 2.32. The van der Waals surface area contributed by atoms with Crippen LogP contribution in [0.4, 0.5) is 0 Å². The number of benzene rings is 1. The van der Waals surface area contributed by atoms with Gasteiger partial charge in [-0.1, -0.05) is 22.0 Å². The highest BCUT2D eigenvalue weighted by Gasteiger charge is 2.14. The molecule has 0 saturated carbocycles. The molecule has 1 unspecified atom stereocenters. The van der Waals surface area contributed by atoms with Crippen molar-refractivity contribution in [2.45, 2.75) is 11.2 Å². The zero-order valence-electron chi connectivity index (χ0n) is 7.40. The Kier molecular flexibility index (Phi) is 2.72. The summed E-state index contributed by atoms with van der Waals surface area (Å²) in [6.45, 7) is 0.282. The van der Waals surface area contributed by atoms with Crippen LogP contribution in [-0.2, 0) is 11.2 Å². The third-order valence-corrected chi connectivity index (χ3v) is 2.55. The van der Waals surface area contributed by atoms with Crippen LogP contribution in [0.3, 0.4) is 0 Å². The second-order valence-electron chi connectivity index (χ2n) is 3.04. The Morgan fingerprint density at radius 1 is 1.43 bits per heavy atom. The van der Waals surface area contributed by atoms with E-state index in [1.54, 1.807) is 0 Å². The molecule has 2 rings (SSSR count). The molecule has 0 amide bonds. The molecule has 0 aromatic heterocycles. The lowest BCUT2D eigenvalue weighted by atomic mass is 10.1. The fourth-order valence-electron chi connectivity index (χ4n) is 1.34.